The van der Waals surface area contributed by atoms with Crippen LogP contribution in [0.15, 0.2) is 41.7 Å². The smallest absolute Gasteiger partial charge is 0.339 e. The van der Waals surface area contributed by atoms with Crippen molar-refractivity contribution < 1.29 is 24.2 Å². The van der Waals surface area contributed by atoms with E-state index in [9.17, 15) is 14.7 Å². The molecule has 6 heteroatoms. The summed E-state index contributed by atoms with van der Waals surface area (Å²) in [4.78, 5) is 27.9. The van der Waals surface area contributed by atoms with E-state index < -0.39 is 17.9 Å². The van der Waals surface area contributed by atoms with Gasteiger partial charge in [0, 0.05) is 19.0 Å². The van der Waals surface area contributed by atoms with Crippen LogP contribution in [-0.2, 0) is 19.1 Å². The summed E-state index contributed by atoms with van der Waals surface area (Å²) in [5.74, 6) is -1.37. The van der Waals surface area contributed by atoms with Crippen molar-refractivity contribution in [3.8, 4) is 0 Å². The zero-order valence-electron chi connectivity index (χ0n) is 16.7. The van der Waals surface area contributed by atoms with Crippen LogP contribution in [-0.4, -0.2) is 60.7 Å². The highest BCUT2D eigenvalue weighted by molar-refractivity contribution is 6.09. The molecule has 2 unspecified atom stereocenters. The number of carbonyl (C=O) groups is 2. The zero-order valence-corrected chi connectivity index (χ0v) is 16.7. The Kier molecular flexibility index (Phi) is 6.31. The number of carbonyl (C=O) groups excluding carboxylic acids is 2. The van der Waals surface area contributed by atoms with Crippen molar-refractivity contribution >= 4 is 11.8 Å². The number of hydrogen-bond donors (Lipinski definition) is 1. The molecule has 1 aromatic carbocycles. The van der Waals surface area contributed by atoms with Crippen LogP contribution in [0.4, 0.5) is 0 Å². The molecule has 0 spiro atoms. The summed E-state index contributed by atoms with van der Waals surface area (Å²) in [7, 11) is 0. The summed E-state index contributed by atoms with van der Waals surface area (Å²) >= 11 is 0. The molecule has 2 heterocycles. The molecular formula is C23H29NO5. The van der Waals surface area contributed by atoms with Crippen LogP contribution < -0.4 is 0 Å². The Hall–Kier alpha value is -2.18. The quantitative estimate of drug-likeness (QED) is 0.535. The first-order chi connectivity index (χ1) is 14.1. The average molecular weight is 399 g/mol. The van der Waals surface area contributed by atoms with Crippen molar-refractivity contribution in [2.24, 2.45) is 5.92 Å². The summed E-state index contributed by atoms with van der Waals surface area (Å²) in [6, 6.07) is 9.63. The number of morpholine rings is 1. The number of esters is 1. The number of cyclic esters (lactones) is 1. The average Bonchev–Trinajstić information content (AvgIpc) is 3.58. The van der Waals surface area contributed by atoms with E-state index in [1.54, 1.807) is 0 Å². The second-order valence-corrected chi connectivity index (χ2v) is 8.20. The number of aliphatic hydroxyl groups excluding tert-OH is 1. The van der Waals surface area contributed by atoms with E-state index >= 15 is 0 Å². The molecule has 0 bridgehead atoms. The van der Waals surface area contributed by atoms with Gasteiger partial charge >= 0.3 is 5.97 Å². The number of benzene rings is 1. The largest absolute Gasteiger partial charge is 0.504 e. The number of Topliss-reactive ketones (excluding diaryl/α,β-unsaturated/α-hetero) is 1. The van der Waals surface area contributed by atoms with Crippen LogP contribution in [0.25, 0.3) is 0 Å². The molecule has 156 valence electrons. The maximum atomic E-state index is 12.8. The van der Waals surface area contributed by atoms with Crippen molar-refractivity contribution in [1.29, 1.82) is 0 Å². The zero-order chi connectivity index (χ0) is 20.2. The third-order valence-electron chi connectivity index (χ3n) is 6.11. The second-order valence-electron chi connectivity index (χ2n) is 8.20. The van der Waals surface area contributed by atoms with Crippen molar-refractivity contribution in [3.05, 3.63) is 47.2 Å². The van der Waals surface area contributed by atoms with Gasteiger partial charge in [-0.3, -0.25) is 9.69 Å². The van der Waals surface area contributed by atoms with Crippen LogP contribution in [0.1, 0.15) is 43.6 Å². The van der Waals surface area contributed by atoms with Crippen molar-refractivity contribution in [2.75, 3.05) is 32.8 Å². The fourth-order valence-corrected chi connectivity index (χ4v) is 4.35. The van der Waals surface area contributed by atoms with Gasteiger partial charge in [-0.05, 0) is 50.1 Å². The molecule has 0 aromatic heterocycles. The Bertz CT molecular complexity index is 765. The van der Waals surface area contributed by atoms with Crippen LogP contribution in [0.5, 0.6) is 0 Å². The highest BCUT2D eigenvalue weighted by Gasteiger charge is 2.45. The maximum Gasteiger partial charge on any atom is 0.339 e. The third kappa shape index (κ3) is 4.70. The SMILES string of the molecule is O=C1OC(CCCCN2CCOCC2)C(=O)C(O)=C1C(c1ccccc1)C1CC1. The molecule has 2 fully saturated rings. The lowest BCUT2D eigenvalue weighted by Crippen LogP contribution is -2.38. The van der Waals surface area contributed by atoms with E-state index in [-0.39, 0.29) is 23.2 Å². The van der Waals surface area contributed by atoms with E-state index in [1.807, 2.05) is 30.3 Å². The standard InChI is InChI=1S/C23H29NO5/c25-21-18(8-4-5-11-24-12-14-28-15-13-24)29-23(27)20(22(21)26)19(17-9-10-17)16-6-2-1-3-7-16/h1-3,6-7,17-19,26H,4-5,8-15H2. The van der Waals surface area contributed by atoms with Crippen LogP contribution in [0, 0.1) is 5.92 Å². The topological polar surface area (TPSA) is 76.1 Å². The van der Waals surface area contributed by atoms with Gasteiger partial charge < -0.3 is 14.6 Å². The molecule has 1 aliphatic carbocycles. The van der Waals surface area contributed by atoms with Gasteiger partial charge in [-0.2, -0.15) is 0 Å². The molecular weight excluding hydrogens is 370 g/mol. The summed E-state index contributed by atoms with van der Waals surface area (Å²) in [5, 5.41) is 10.7. The van der Waals surface area contributed by atoms with Gasteiger partial charge in [0.25, 0.3) is 0 Å². The third-order valence-corrected chi connectivity index (χ3v) is 6.11. The summed E-state index contributed by atoms with van der Waals surface area (Å²) in [6.07, 6.45) is 3.26. The molecule has 3 aliphatic rings. The molecule has 2 aliphatic heterocycles. The van der Waals surface area contributed by atoms with Crippen LogP contribution in [0.3, 0.4) is 0 Å². The minimum atomic E-state index is -0.869. The summed E-state index contributed by atoms with van der Waals surface area (Å²) in [5.41, 5.74) is 1.10. The number of rotatable bonds is 8. The molecule has 29 heavy (non-hydrogen) atoms. The Morgan fingerprint density at radius 2 is 1.79 bits per heavy atom. The fraction of sp³-hybridized carbons (Fsp3) is 0.565. The first kappa shape index (κ1) is 20.1. The van der Waals surface area contributed by atoms with E-state index in [1.165, 1.54) is 0 Å². The molecule has 1 N–H and O–H groups in total. The van der Waals surface area contributed by atoms with Gasteiger partial charge in [0.15, 0.2) is 11.9 Å². The molecule has 6 nitrogen and oxygen atoms in total. The molecule has 0 radical (unpaired) electrons. The summed E-state index contributed by atoms with van der Waals surface area (Å²) in [6.45, 7) is 4.36. The molecule has 0 amide bonds. The molecule has 1 aromatic rings. The van der Waals surface area contributed by atoms with Gasteiger partial charge in [-0.1, -0.05) is 30.3 Å². The van der Waals surface area contributed by atoms with Gasteiger partial charge in [-0.15, -0.1) is 0 Å². The number of aliphatic hydroxyl groups is 1. The van der Waals surface area contributed by atoms with Crippen molar-refractivity contribution in [3.63, 3.8) is 0 Å². The van der Waals surface area contributed by atoms with Gasteiger partial charge in [0.1, 0.15) is 0 Å². The monoisotopic (exact) mass is 399 g/mol. The Balaban J connectivity index is 1.40. The highest BCUT2D eigenvalue weighted by atomic mass is 16.6. The van der Waals surface area contributed by atoms with Gasteiger partial charge in [0.2, 0.25) is 5.78 Å². The molecule has 2 atom stereocenters. The Morgan fingerprint density at radius 1 is 1.07 bits per heavy atom. The molecule has 1 saturated heterocycles. The van der Waals surface area contributed by atoms with Crippen LogP contribution >= 0.6 is 0 Å². The van der Waals surface area contributed by atoms with E-state index in [0.717, 1.165) is 64.1 Å². The molecule has 4 rings (SSSR count). The van der Waals surface area contributed by atoms with Gasteiger partial charge in [-0.25, -0.2) is 4.79 Å². The van der Waals surface area contributed by atoms with Crippen molar-refractivity contribution in [2.45, 2.75) is 44.1 Å². The normalized spacial score (nSPS) is 24.5. The Morgan fingerprint density at radius 3 is 2.48 bits per heavy atom. The van der Waals surface area contributed by atoms with E-state index in [2.05, 4.69) is 4.90 Å². The van der Waals surface area contributed by atoms with E-state index in [4.69, 9.17) is 9.47 Å². The minimum absolute atomic E-state index is 0.147. The van der Waals surface area contributed by atoms with Gasteiger partial charge in [0.05, 0.1) is 18.8 Å². The number of hydrogen-bond acceptors (Lipinski definition) is 6. The number of unbranched alkanes of at least 4 members (excludes halogenated alkanes) is 1. The number of ketones is 1. The predicted octanol–water partition coefficient (Wildman–Crippen LogP) is 2.99. The fourth-order valence-electron chi connectivity index (χ4n) is 4.35. The lowest BCUT2D eigenvalue weighted by molar-refractivity contribution is -0.155. The lowest BCUT2D eigenvalue weighted by Gasteiger charge is -2.28. The Labute approximate surface area is 171 Å². The predicted molar refractivity (Wildman–Crippen MR) is 108 cm³/mol. The van der Waals surface area contributed by atoms with Crippen molar-refractivity contribution in [1.82, 2.24) is 4.90 Å². The highest BCUT2D eigenvalue weighted by Crippen LogP contribution is 2.48. The maximum absolute atomic E-state index is 12.8. The second kappa shape index (κ2) is 9.09. The first-order valence-corrected chi connectivity index (χ1v) is 10.7. The lowest BCUT2D eigenvalue weighted by atomic mass is 9.83. The number of nitrogens with zero attached hydrogens (tertiary/aromatic N) is 1. The number of ether oxygens (including phenoxy) is 2. The van der Waals surface area contributed by atoms with E-state index in [0.29, 0.717) is 6.42 Å². The summed E-state index contributed by atoms with van der Waals surface area (Å²) < 4.78 is 10.9. The van der Waals surface area contributed by atoms with Crippen LogP contribution in [0.2, 0.25) is 0 Å². The first-order valence-electron chi connectivity index (χ1n) is 10.7. The minimum Gasteiger partial charge on any atom is -0.504 e. The molecule has 1 saturated carbocycles.